The Morgan fingerprint density at radius 1 is 1.35 bits per heavy atom. The van der Waals surface area contributed by atoms with Gasteiger partial charge in [0.15, 0.2) is 0 Å². The molecular formula is C13H18N6O. The molecule has 1 aromatic heterocycles. The van der Waals surface area contributed by atoms with Crippen molar-refractivity contribution in [1.82, 2.24) is 30.8 Å². The molecule has 2 aromatic rings. The van der Waals surface area contributed by atoms with Crippen molar-refractivity contribution in [2.45, 2.75) is 19.5 Å². The van der Waals surface area contributed by atoms with E-state index in [1.54, 1.807) is 0 Å². The molecule has 20 heavy (non-hydrogen) atoms. The van der Waals surface area contributed by atoms with Gasteiger partial charge < -0.3 is 10.6 Å². The maximum Gasteiger partial charge on any atom is 0.243 e. The van der Waals surface area contributed by atoms with Gasteiger partial charge in [-0.25, -0.2) is 0 Å². The van der Waals surface area contributed by atoms with E-state index in [0.29, 0.717) is 12.4 Å². The average molecular weight is 274 g/mol. The molecule has 0 aliphatic rings. The van der Waals surface area contributed by atoms with Crippen LogP contribution in [0.5, 0.6) is 0 Å². The Morgan fingerprint density at radius 2 is 2.10 bits per heavy atom. The number of tetrazole rings is 1. The van der Waals surface area contributed by atoms with Crippen molar-refractivity contribution in [3.8, 4) is 11.4 Å². The molecule has 0 fully saturated rings. The molecule has 0 bridgehead atoms. The van der Waals surface area contributed by atoms with Crippen LogP contribution in [0.2, 0.25) is 0 Å². The smallest absolute Gasteiger partial charge is 0.243 e. The number of nitrogens with one attached hydrogen (secondary N) is 2. The van der Waals surface area contributed by atoms with E-state index in [4.69, 9.17) is 0 Å². The molecular weight excluding hydrogens is 256 g/mol. The number of hydrogen-bond donors (Lipinski definition) is 2. The zero-order chi connectivity index (χ0) is 14.4. The van der Waals surface area contributed by atoms with E-state index in [9.17, 15) is 4.79 Å². The van der Waals surface area contributed by atoms with Gasteiger partial charge in [0.05, 0.1) is 0 Å². The lowest BCUT2D eigenvalue weighted by Gasteiger charge is -2.10. The van der Waals surface area contributed by atoms with Crippen LogP contribution >= 0.6 is 0 Å². The highest BCUT2D eigenvalue weighted by Crippen LogP contribution is 2.11. The summed E-state index contributed by atoms with van der Waals surface area (Å²) in [5.74, 6) is 0.381. The molecule has 7 heteroatoms. The van der Waals surface area contributed by atoms with E-state index in [2.05, 4.69) is 26.0 Å². The standard InChI is InChI=1S/C13H18N6O/c1-10(14-2)8-15-12(20)9-19-17-13(16-18-19)11-6-4-3-5-7-11/h3-7,10,14H,8-9H2,1-2H3,(H,15,20). The fourth-order valence-electron chi connectivity index (χ4n) is 1.57. The second-order valence-electron chi connectivity index (χ2n) is 4.50. The zero-order valence-electron chi connectivity index (χ0n) is 11.6. The fraction of sp³-hybridized carbons (Fsp3) is 0.385. The Bertz CT molecular complexity index is 553. The Kier molecular flexibility index (Phi) is 4.78. The van der Waals surface area contributed by atoms with Crippen LogP contribution in [0.3, 0.4) is 0 Å². The average Bonchev–Trinajstić information content (AvgIpc) is 2.94. The van der Waals surface area contributed by atoms with Crippen LogP contribution in [0.4, 0.5) is 0 Å². The third kappa shape index (κ3) is 3.86. The number of likely N-dealkylation sites (N-methyl/N-ethyl adjacent to an activating group) is 1. The van der Waals surface area contributed by atoms with Crippen LogP contribution < -0.4 is 10.6 Å². The summed E-state index contributed by atoms with van der Waals surface area (Å²) in [4.78, 5) is 13.0. The summed E-state index contributed by atoms with van der Waals surface area (Å²) >= 11 is 0. The molecule has 0 aliphatic heterocycles. The first-order valence-corrected chi connectivity index (χ1v) is 6.46. The van der Waals surface area contributed by atoms with Crippen LogP contribution in [0.1, 0.15) is 6.92 Å². The van der Waals surface area contributed by atoms with Gasteiger partial charge in [-0.1, -0.05) is 30.3 Å². The van der Waals surface area contributed by atoms with Crippen molar-refractivity contribution < 1.29 is 4.79 Å². The number of amides is 1. The van der Waals surface area contributed by atoms with Crippen LogP contribution in [0.15, 0.2) is 30.3 Å². The van der Waals surface area contributed by atoms with E-state index in [1.165, 1.54) is 4.80 Å². The molecule has 106 valence electrons. The summed E-state index contributed by atoms with van der Waals surface area (Å²) in [5.41, 5.74) is 0.878. The molecule has 2 rings (SSSR count). The topological polar surface area (TPSA) is 84.7 Å². The third-order valence-electron chi connectivity index (χ3n) is 2.87. The van der Waals surface area contributed by atoms with Crippen LogP contribution in [-0.4, -0.2) is 45.7 Å². The SMILES string of the molecule is CNC(C)CNC(=O)Cn1nnc(-c2ccccc2)n1. The summed E-state index contributed by atoms with van der Waals surface area (Å²) in [6, 6.07) is 9.75. The maximum absolute atomic E-state index is 11.7. The van der Waals surface area contributed by atoms with Crippen molar-refractivity contribution in [2.24, 2.45) is 0 Å². The minimum atomic E-state index is -0.135. The summed E-state index contributed by atoms with van der Waals surface area (Å²) in [6.07, 6.45) is 0. The van der Waals surface area contributed by atoms with Crippen LogP contribution in [0, 0.1) is 0 Å². The highest BCUT2D eigenvalue weighted by Gasteiger charge is 2.09. The van der Waals surface area contributed by atoms with Crippen LogP contribution in [0.25, 0.3) is 11.4 Å². The van der Waals surface area contributed by atoms with Crippen LogP contribution in [-0.2, 0) is 11.3 Å². The molecule has 1 unspecified atom stereocenters. The fourth-order valence-corrected chi connectivity index (χ4v) is 1.57. The number of rotatable bonds is 6. The molecule has 7 nitrogen and oxygen atoms in total. The first kappa shape index (κ1) is 14.1. The van der Waals surface area contributed by atoms with Gasteiger partial charge in [0.2, 0.25) is 11.7 Å². The highest BCUT2D eigenvalue weighted by molar-refractivity contribution is 5.75. The first-order valence-electron chi connectivity index (χ1n) is 6.46. The van der Waals surface area contributed by atoms with Crippen molar-refractivity contribution in [1.29, 1.82) is 0 Å². The number of benzene rings is 1. The summed E-state index contributed by atoms with van der Waals surface area (Å²) in [5, 5.41) is 17.9. The first-order chi connectivity index (χ1) is 9.69. The van der Waals surface area contributed by atoms with E-state index in [-0.39, 0.29) is 18.5 Å². The number of carbonyl (C=O) groups is 1. The van der Waals surface area contributed by atoms with Crippen molar-refractivity contribution >= 4 is 5.91 Å². The molecule has 0 saturated carbocycles. The van der Waals surface area contributed by atoms with E-state index < -0.39 is 0 Å². The predicted octanol–water partition coefficient (Wildman–Crippen LogP) is 0.0642. The minimum Gasteiger partial charge on any atom is -0.353 e. The molecule has 1 amide bonds. The quantitative estimate of drug-likeness (QED) is 0.778. The molecule has 0 saturated heterocycles. The van der Waals surface area contributed by atoms with Crippen molar-refractivity contribution in [3.63, 3.8) is 0 Å². The van der Waals surface area contributed by atoms with E-state index >= 15 is 0 Å². The molecule has 2 N–H and O–H groups in total. The van der Waals surface area contributed by atoms with Gasteiger partial charge in [0.1, 0.15) is 6.54 Å². The lowest BCUT2D eigenvalue weighted by molar-refractivity contribution is -0.122. The number of nitrogens with zero attached hydrogens (tertiary/aromatic N) is 4. The Balaban J connectivity index is 1.91. The molecule has 1 aromatic carbocycles. The predicted molar refractivity (Wildman–Crippen MR) is 74.8 cm³/mol. The van der Waals surface area contributed by atoms with Gasteiger partial charge in [0.25, 0.3) is 0 Å². The summed E-state index contributed by atoms with van der Waals surface area (Å²) in [7, 11) is 1.85. The van der Waals surface area contributed by atoms with Crippen molar-refractivity contribution in [3.05, 3.63) is 30.3 Å². The number of hydrogen-bond acceptors (Lipinski definition) is 5. The minimum absolute atomic E-state index is 0.0657. The normalized spacial score (nSPS) is 12.1. The van der Waals surface area contributed by atoms with E-state index in [0.717, 1.165) is 5.56 Å². The monoisotopic (exact) mass is 274 g/mol. The third-order valence-corrected chi connectivity index (χ3v) is 2.87. The Labute approximate surface area is 117 Å². The molecule has 0 spiro atoms. The molecule has 1 heterocycles. The number of aromatic nitrogens is 4. The lowest BCUT2D eigenvalue weighted by atomic mass is 10.2. The van der Waals surface area contributed by atoms with Gasteiger partial charge in [-0.3, -0.25) is 4.79 Å². The molecule has 1 atom stereocenters. The lowest BCUT2D eigenvalue weighted by Crippen LogP contribution is -2.38. The Morgan fingerprint density at radius 3 is 2.80 bits per heavy atom. The van der Waals surface area contributed by atoms with Crippen molar-refractivity contribution in [2.75, 3.05) is 13.6 Å². The van der Waals surface area contributed by atoms with Gasteiger partial charge in [-0.15, -0.1) is 10.2 Å². The molecule has 0 radical (unpaired) electrons. The second-order valence-corrected chi connectivity index (χ2v) is 4.50. The summed E-state index contributed by atoms with van der Waals surface area (Å²) < 4.78 is 0. The van der Waals surface area contributed by atoms with Gasteiger partial charge >= 0.3 is 0 Å². The highest BCUT2D eigenvalue weighted by atomic mass is 16.2. The Hall–Kier alpha value is -2.28. The zero-order valence-corrected chi connectivity index (χ0v) is 11.6. The summed E-state index contributed by atoms with van der Waals surface area (Å²) in [6.45, 7) is 2.62. The molecule has 0 aliphatic carbocycles. The van der Waals surface area contributed by atoms with Gasteiger partial charge in [0, 0.05) is 18.2 Å². The second kappa shape index (κ2) is 6.76. The number of carbonyl (C=O) groups excluding carboxylic acids is 1. The maximum atomic E-state index is 11.7. The van der Waals surface area contributed by atoms with Gasteiger partial charge in [-0.05, 0) is 19.2 Å². The van der Waals surface area contributed by atoms with Gasteiger partial charge in [-0.2, -0.15) is 4.80 Å². The largest absolute Gasteiger partial charge is 0.353 e. The van der Waals surface area contributed by atoms with E-state index in [1.807, 2.05) is 44.3 Å².